The average Bonchev–Trinajstić information content (AvgIpc) is 3.49. The summed E-state index contributed by atoms with van der Waals surface area (Å²) in [5.41, 5.74) is 0.997. The largest absolute Gasteiger partial charge is 0.491 e. The Balaban J connectivity index is 1.39. The number of hydrogen-bond donors (Lipinski definition) is 2. The Labute approximate surface area is 234 Å². The van der Waals surface area contributed by atoms with Crippen molar-refractivity contribution in [2.75, 3.05) is 33.8 Å². The zero-order chi connectivity index (χ0) is 29.5. The molecular weight excluding hydrogens is 545 g/mol. The molecule has 1 aromatic heterocycles. The number of amides is 1. The van der Waals surface area contributed by atoms with E-state index in [1.54, 1.807) is 45.4 Å². The molecule has 1 saturated carbocycles. The number of aromatic amines is 1. The number of carbonyl (C=O) groups is 1. The summed E-state index contributed by atoms with van der Waals surface area (Å²) in [7, 11) is 3.30. The molecule has 3 aromatic rings. The zero-order valence-electron chi connectivity index (χ0n) is 23.0. The first-order valence-electron chi connectivity index (χ1n) is 13.4. The topological polar surface area (TPSA) is 73.5 Å². The summed E-state index contributed by atoms with van der Waals surface area (Å²) in [6.07, 6.45) is 2.02. The summed E-state index contributed by atoms with van der Waals surface area (Å²) in [6, 6.07) is 3.40. The molecule has 2 heterocycles. The van der Waals surface area contributed by atoms with Crippen molar-refractivity contribution in [3.63, 3.8) is 0 Å². The van der Waals surface area contributed by atoms with Gasteiger partial charge in [0.15, 0.2) is 0 Å². The minimum absolute atomic E-state index is 0.0492. The number of halogens is 5. The van der Waals surface area contributed by atoms with Gasteiger partial charge in [-0.15, -0.1) is 0 Å². The second-order valence-electron chi connectivity index (χ2n) is 11.1. The van der Waals surface area contributed by atoms with Gasteiger partial charge in [-0.3, -0.25) is 14.8 Å². The fraction of sp³-hybridized carbons (Fsp3) is 0.448. The molecule has 0 unspecified atom stereocenters. The van der Waals surface area contributed by atoms with Gasteiger partial charge in [-0.2, -0.15) is 18.3 Å². The number of carbonyl (C=O) groups excluding carboxylic acids is 1. The summed E-state index contributed by atoms with van der Waals surface area (Å²) in [4.78, 5) is 14.2. The number of H-pyrrole nitrogens is 1. The maximum Gasteiger partial charge on any atom is 0.401 e. The van der Waals surface area contributed by atoms with Crippen LogP contribution in [0.5, 0.6) is 5.75 Å². The number of alkyl halides is 3. The van der Waals surface area contributed by atoms with Crippen molar-refractivity contribution in [2.24, 2.45) is 0 Å². The first-order valence-corrected chi connectivity index (χ1v) is 13.4. The first kappa shape index (κ1) is 29.0. The van der Waals surface area contributed by atoms with Crippen molar-refractivity contribution in [2.45, 2.75) is 50.0 Å². The van der Waals surface area contributed by atoms with E-state index in [0.717, 1.165) is 40.8 Å². The van der Waals surface area contributed by atoms with Crippen molar-refractivity contribution in [3.8, 4) is 5.75 Å². The van der Waals surface area contributed by atoms with Crippen molar-refractivity contribution < 1.29 is 31.5 Å². The molecule has 1 aliphatic heterocycles. The molecule has 0 spiro atoms. The van der Waals surface area contributed by atoms with Gasteiger partial charge in [-0.25, -0.2) is 8.78 Å². The number of hydrogen-bond acceptors (Lipinski definition) is 5. The van der Waals surface area contributed by atoms with Crippen LogP contribution in [0.1, 0.15) is 42.5 Å². The van der Waals surface area contributed by atoms with E-state index in [0.29, 0.717) is 17.6 Å². The quantitative estimate of drug-likeness (QED) is 0.280. The molecule has 220 valence electrons. The fourth-order valence-corrected chi connectivity index (χ4v) is 5.43. The molecule has 5 rings (SSSR count). The van der Waals surface area contributed by atoms with E-state index in [4.69, 9.17) is 4.74 Å². The minimum atomic E-state index is -4.57. The standard InChI is InChI=1S/C29H32F5N5O2/c1-17-11-20-19(6-7-24-21(20)14-36-37-24)27(39(17)15-29(32,33)34)26-22(30)12-18(13-23(26)31)41-16-28(8-9-28)35-10-4-5-25(40)38(2)3/h4-7,12-14,17,27,35H,8-11,15-16H2,1-3H3,(H,36,37)/b5-4+/t17-,27+/m1/s1. The molecule has 0 saturated heterocycles. The van der Waals surface area contributed by atoms with Gasteiger partial charge < -0.3 is 15.0 Å². The summed E-state index contributed by atoms with van der Waals surface area (Å²) < 4.78 is 78.1. The Hall–Kier alpha value is -3.51. The van der Waals surface area contributed by atoms with Crippen LogP contribution in [0.3, 0.4) is 0 Å². The maximum absolute atomic E-state index is 15.7. The highest BCUT2D eigenvalue weighted by Gasteiger charge is 2.44. The van der Waals surface area contributed by atoms with Crippen LogP contribution in [0.15, 0.2) is 42.6 Å². The predicted molar refractivity (Wildman–Crippen MR) is 144 cm³/mol. The van der Waals surface area contributed by atoms with Gasteiger partial charge in [0.2, 0.25) is 5.91 Å². The van der Waals surface area contributed by atoms with Crippen LogP contribution >= 0.6 is 0 Å². The van der Waals surface area contributed by atoms with E-state index in [9.17, 15) is 18.0 Å². The lowest BCUT2D eigenvalue weighted by Gasteiger charge is -2.42. The molecule has 12 heteroatoms. The molecule has 2 aromatic carbocycles. The molecule has 2 N–H and O–H groups in total. The Morgan fingerprint density at radius 3 is 2.59 bits per heavy atom. The van der Waals surface area contributed by atoms with Crippen molar-refractivity contribution in [3.05, 3.63) is 70.9 Å². The SMILES string of the molecule is C[C@@H]1Cc2c(ccc3[nH]ncc23)[C@@H](c2c(F)cc(OCC3(NC/C=C/C(=O)N(C)C)CC3)cc2F)N1CC(F)(F)F. The fourth-order valence-electron chi connectivity index (χ4n) is 5.43. The number of fused-ring (bicyclic) bond motifs is 3. The summed E-state index contributed by atoms with van der Waals surface area (Å²) >= 11 is 0. The van der Waals surface area contributed by atoms with Gasteiger partial charge in [0.05, 0.1) is 29.8 Å². The molecule has 7 nitrogen and oxygen atoms in total. The van der Waals surface area contributed by atoms with E-state index >= 15 is 8.78 Å². The average molecular weight is 578 g/mol. The predicted octanol–water partition coefficient (Wildman–Crippen LogP) is 4.88. The molecule has 1 aliphatic carbocycles. The second kappa shape index (κ2) is 11.1. The first-order chi connectivity index (χ1) is 19.4. The highest BCUT2D eigenvalue weighted by Crippen LogP contribution is 2.44. The molecule has 0 radical (unpaired) electrons. The second-order valence-corrected chi connectivity index (χ2v) is 11.1. The summed E-state index contributed by atoms with van der Waals surface area (Å²) in [6.45, 7) is 0.870. The maximum atomic E-state index is 15.7. The molecule has 2 atom stereocenters. The van der Waals surface area contributed by atoms with Crippen molar-refractivity contribution >= 4 is 16.8 Å². The van der Waals surface area contributed by atoms with Crippen LogP contribution in [0.4, 0.5) is 22.0 Å². The molecule has 0 bridgehead atoms. The van der Waals surface area contributed by atoms with Gasteiger partial charge in [0.25, 0.3) is 0 Å². The lowest BCUT2D eigenvalue weighted by atomic mass is 9.83. The molecule has 1 fully saturated rings. The van der Waals surface area contributed by atoms with Crippen LogP contribution in [0.25, 0.3) is 10.9 Å². The van der Waals surface area contributed by atoms with Gasteiger partial charge in [-0.05, 0) is 43.4 Å². The van der Waals surface area contributed by atoms with E-state index in [2.05, 4.69) is 15.5 Å². The number of aromatic nitrogens is 2. The van der Waals surface area contributed by atoms with Crippen molar-refractivity contribution in [1.29, 1.82) is 0 Å². The number of likely N-dealkylation sites (N-methyl/N-ethyl adjacent to an activating group) is 1. The van der Waals surface area contributed by atoms with E-state index < -0.39 is 42.0 Å². The Morgan fingerprint density at radius 1 is 1.24 bits per heavy atom. The third-order valence-electron chi connectivity index (χ3n) is 7.82. The Bertz CT molecular complexity index is 1440. The molecule has 2 aliphatic rings. The number of benzene rings is 2. The number of ether oxygens (including phenoxy) is 1. The zero-order valence-corrected chi connectivity index (χ0v) is 23.0. The molecule has 1 amide bonds. The van der Waals surface area contributed by atoms with Gasteiger partial charge in [0.1, 0.15) is 24.0 Å². The monoisotopic (exact) mass is 577 g/mol. The number of nitrogens with one attached hydrogen (secondary N) is 2. The minimum Gasteiger partial charge on any atom is -0.491 e. The van der Waals surface area contributed by atoms with Gasteiger partial charge in [0, 0.05) is 55.8 Å². The Morgan fingerprint density at radius 2 is 1.95 bits per heavy atom. The lowest BCUT2D eigenvalue weighted by molar-refractivity contribution is -0.155. The van der Waals surface area contributed by atoms with Crippen LogP contribution < -0.4 is 10.1 Å². The van der Waals surface area contributed by atoms with Crippen LogP contribution in [-0.4, -0.2) is 77.5 Å². The summed E-state index contributed by atoms with van der Waals surface area (Å²) in [5.74, 6) is -2.15. The van der Waals surface area contributed by atoms with E-state index in [1.165, 1.54) is 11.0 Å². The van der Waals surface area contributed by atoms with Gasteiger partial charge >= 0.3 is 6.18 Å². The van der Waals surface area contributed by atoms with E-state index in [-0.39, 0.29) is 30.2 Å². The third-order valence-corrected chi connectivity index (χ3v) is 7.82. The van der Waals surface area contributed by atoms with Crippen LogP contribution in [0, 0.1) is 11.6 Å². The highest BCUT2D eigenvalue weighted by molar-refractivity contribution is 5.87. The molecular formula is C29H32F5N5O2. The normalized spacial score (nSPS) is 20.4. The lowest BCUT2D eigenvalue weighted by Crippen LogP contribution is -2.47. The molecule has 41 heavy (non-hydrogen) atoms. The number of nitrogens with zero attached hydrogens (tertiary/aromatic N) is 3. The summed E-state index contributed by atoms with van der Waals surface area (Å²) in [5, 5.41) is 10.9. The number of rotatable bonds is 9. The van der Waals surface area contributed by atoms with Crippen LogP contribution in [-0.2, 0) is 11.2 Å². The van der Waals surface area contributed by atoms with E-state index in [1.807, 2.05) is 0 Å². The highest BCUT2D eigenvalue weighted by atomic mass is 19.4. The van der Waals surface area contributed by atoms with Crippen LogP contribution in [0.2, 0.25) is 0 Å². The smallest absolute Gasteiger partial charge is 0.401 e. The third kappa shape index (κ3) is 6.23. The Kier molecular flexibility index (Phi) is 7.82. The van der Waals surface area contributed by atoms with Gasteiger partial charge in [-0.1, -0.05) is 12.1 Å². The van der Waals surface area contributed by atoms with Crippen molar-refractivity contribution in [1.82, 2.24) is 25.3 Å².